The van der Waals surface area contributed by atoms with Gasteiger partial charge in [0.25, 0.3) is 0 Å². The van der Waals surface area contributed by atoms with E-state index in [1.165, 1.54) is 12.1 Å². The fraction of sp³-hybridized carbons (Fsp3) is 0.462. The zero-order valence-electron chi connectivity index (χ0n) is 10.7. The van der Waals surface area contributed by atoms with Gasteiger partial charge in [0.15, 0.2) is 0 Å². The summed E-state index contributed by atoms with van der Waals surface area (Å²) in [7, 11) is 0. The van der Waals surface area contributed by atoms with Gasteiger partial charge >= 0.3 is 6.03 Å². The molecule has 1 unspecified atom stereocenters. The number of hydrogen-bond donors (Lipinski definition) is 3. The molecule has 0 heterocycles. The fourth-order valence-electron chi connectivity index (χ4n) is 1.64. The number of carbonyl (C=O) groups is 1. The maximum Gasteiger partial charge on any atom is 0.315 e. The number of nitrogens with one attached hydrogen (secondary N) is 2. The van der Waals surface area contributed by atoms with Gasteiger partial charge in [0.1, 0.15) is 5.82 Å². The number of carbonyl (C=O) groups excluding carboxylic acids is 1. The smallest absolute Gasteiger partial charge is 0.315 e. The first kappa shape index (κ1) is 15.9. The molecule has 19 heavy (non-hydrogen) atoms. The van der Waals surface area contributed by atoms with Crippen LogP contribution in [-0.2, 0) is 6.54 Å². The number of benzene rings is 1. The van der Waals surface area contributed by atoms with Gasteiger partial charge < -0.3 is 15.7 Å². The van der Waals surface area contributed by atoms with Crippen LogP contribution in [0, 0.1) is 5.82 Å². The third kappa shape index (κ3) is 6.54. The van der Waals surface area contributed by atoms with Crippen LogP contribution in [-0.4, -0.2) is 23.8 Å². The van der Waals surface area contributed by atoms with Crippen molar-refractivity contribution in [1.29, 1.82) is 0 Å². The standard InChI is InChI=1S/C13H18BrFN2O2/c1-9(3-2-4-18)17-13(19)16-8-10-5-11(14)7-12(15)6-10/h5-7,9,18H,2-4,8H2,1H3,(H2,16,17,19). The monoisotopic (exact) mass is 332 g/mol. The summed E-state index contributed by atoms with van der Waals surface area (Å²) >= 11 is 3.20. The Hall–Kier alpha value is -1.14. The molecule has 0 saturated carbocycles. The lowest BCUT2D eigenvalue weighted by atomic mass is 10.2. The van der Waals surface area contributed by atoms with E-state index in [2.05, 4.69) is 26.6 Å². The minimum absolute atomic E-state index is 0.00797. The van der Waals surface area contributed by atoms with E-state index >= 15 is 0 Å². The second-order valence-corrected chi connectivity index (χ2v) is 5.29. The molecule has 4 nitrogen and oxygen atoms in total. The lowest BCUT2D eigenvalue weighted by Crippen LogP contribution is -2.40. The first-order chi connectivity index (χ1) is 9.01. The molecular formula is C13H18BrFN2O2. The summed E-state index contributed by atoms with van der Waals surface area (Å²) in [6.07, 6.45) is 1.37. The van der Waals surface area contributed by atoms with Crippen molar-refractivity contribution in [3.63, 3.8) is 0 Å². The largest absolute Gasteiger partial charge is 0.396 e. The van der Waals surface area contributed by atoms with E-state index < -0.39 is 0 Å². The summed E-state index contributed by atoms with van der Waals surface area (Å²) in [5.74, 6) is -0.345. The highest BCUT2D eigenvalue weighted by Gasteiger charge is 2.07. The molecule has 1 atom stereocenters. The minimum atomic E-state index is -0.345. The third-order valence-corrected chi connectivity index (χ3v) is 3.01. The van der Waals surface area contributed by atoms with Crippen molar-refractivity contribution in [1.82, 2.24) is 10.6 Å². The molecule has 0 aliphatic rings. The Kier molecular flexibility index (Phi) is 6.80. The van der Waals surface area contributed by atoms with Gasteiger partial charge in [-0.1, -0.05) is 15.9 Å². The van der Waals surface area contributed by atoms with E-state index in [-0.39, 0.29) is 31.0 Å². The van der Waals surface area contributed by atoms with Crippen molar-refractivity contribution in [2.24, 2.45) is 0 Å². The summed E-state index contributed by atoms with van der Waals surface area (Å²) < 4.78 is 13.8. The number of amides is 2. The molecular weight excluding hydrogens is 315 g/mol. The van der Waals surface area contributed by atoms with Gasteiger partial charge in [-0.05, 0) is 43.5 Å². The predicted molar refractivity (Wildman–Crippen MR) is 75.3 cm³/mol. The Morgan fingerprint density at radius 3 is 2.84 bits per heavy atom. The van der Waals surface area contributed by atoms with E-state index in [4.69, 9.17) is 5.11 Å². The van der Waals surface area contributed by atoms with E-state index in [0.29, 0.717) is 16.5 Å². The normalized spacial score (nSPS) is 12.0. The van der Waals surface area contributed by atoms with Crippen molar-refractivity contribution < 1.29 is 14.3 Å². The Morgan fingerprint density at radius 1 is 1.47 bits per heavy atom. The zero-order chi connectivity index (χ0) is 14.3. The first-order valence-corrected chi connectivity index (χ1v) is 6.90. The first-order valence-electron chi connectivity index (χ1n) is 6.11. The highest BCUT2D eigenvalue weighted by Crippen LogP contribution is 2.14. The van der Waals surface area contributed by atoms with Crippen LogP contribution < -0.4 is 10.6 Å². The average molecular weight is 333 g/mol. The Bertz CT molecular complexity index is 409. The predicted octanol–water partition coefficient (Wildman–Crippen LogP) is 2.55. The van der Waals surface area contributed by atoms with Gasteiger partial charge in [0.05, 0.1) is 0 Å². The van der Waals surface area contributed by atoms with E-state index in [1.54, 1.807) is 6.07 Å². The van der Waals surface area contributed by atoms with Crippen LogP contribution in [0.3, 0.4) is 0 Å². The summed E-state index contributed by atoms with van der Waals surface area (Å²) in [5.41, 5.74) is 0.685. The quantitative estimate of drug-likeness (QED) is 0.749. The van der Waals surface area contributed by atoms with Crippen LogP contribution >= 0.6 is 15.9 Å². The number of aliphatic hydroxyl groups excluding tert-OH is 1. The molecule has 1 aromatic rings. The number of rotatable bonds is 6. The summed E-state index contributed by atoms with van der Waals surface area (Å²) in [4.78, 5) is 11.6. The molecule has 0 aliphatic carbocycles. The van der Waals surface area contributed by atoms with E-state index in [1.807, 2.05) is 6.92 Å². The van der Waals surface area contributed by atoms with Gasteiger partial charge in [-0.25, -0.2) is 9.18 Å². The fourth-order valence-corrected chi connectivity index (χ4v) is 2.15. The van der Waals surface area contributed by atoms with Crippen molar-refractivity contribution in [2.75, 3.05) is 6.61 Å². The van der Waals surface area contributed by atoms with Gasteiger partial charge in [0, 0.05) is 23.7 Å². The maximum absolute atomic E-state index is 13.1. The number of hydrogen-bond acceptors (Lipinski definition) is 2. The molecule has 1 aromatic carbocycles. The molecule has 0 aromatic heterocycles. The molecule has 0 aliphatic heterocycles. The van der Waals surface area contributed by atoms with Crippen molar-refractivity contribution in [3.05, 3.63) is 34.1 Å². The molecule has 0 radical (unpaired) electrons. The number of halogens is 2. The lowest BCUT2D eigenvalue weighted by molar-refractivity contribution is 0.234. The van der Waals surface area contributed by atoms with Crippen LogP contribution in [0.2, 0.25) is 0 Å². The Balaban J connectivity index is 2.37. The van der Waals surface area contributed by atoms with Gasteiger partial charge in [-0.2, -0.15) is 0 Å². The second-order valence-electron chi connectivity index (χ2n) is 4.37. The molecule has 106 valence electrons. The highest BCUT2D eigenvalue weighted by molar-refractivity contribution is 9.10. The lowest BCUT2D eigenvalue weighted by Gasteiger charge is -2.14. The molecule has 0 bridgehead atoms. The van der Waals surface area contributed by atoms with Crippen molar-refractivity contribution >= 4 is 22.0 Å². The van der Waals surface area contributed by atoms with Gasteiger partial charge in [0.2, 0.25) is 0 Å². The molecule has 0 spiro atoms. The zero-order valence-corrected chi connectivity index (χ0v) is 12.3. The third-order valence-electron chi connectivity index (χ3n) is 2.55. The average Bonchev–Trinajstić information content (AvgIpc) is 2.33. The van der Waals surface area contributed by atoms with Crippen LogP contribution in [0.5, 0.6) is 0 Å². The number of urea groups is 1. The van der Waals surface area contributed by atoms with Gasteiger partial charge in [-0.15, -0.1) is 0 Å². The van der Waals surface area contributed by atoms with Crippen molar-refractivity contribution in [3.8, 4) is 0 Å². The number of aliphatic hydroxyl groups is 1. The van der Waals surface area contributed by atoms with E-state index in [0.717, 1.165) is 6.42 Å². The summed E-state index contributed by atoms with van der Waals surface area (Å²) in [6, 6.07) is 4.18. The van der Waals surface area contributed by atoms with Crippen LogP contribution in [0.25, 0.3) is 0 Å². The SMILES string of the molecule is CC(CCCO)NC(=O)NCc1cc(F)cc(Br)c1. The molecule has 1 rings (SSSR count). The summed E-state index contributed by atoms with van der Waals surface area (Å²) in [6.45, 7) is 2.24. The molecule has 0 saturated heterocycles. The molecule has 0 fully saturated rings. The van der Waals surface area contributed by atoms with Crippen LogP contribution in [0.15, 0.2) is 22.7 Å². The molecule has 6 heteroatoms. The van der Waals surface area contributed by atoms with Gasteiger partial charge in [-0.3, -0.25) is 0 Å². The topological polar surface area (TPSA) is 61.4 Å². The maximum atomic E-state index is 13.1. The Morgan fingerprint density at radius 2 is 2.21 bits per heavy atom. The highest BCUT2D eigenvalue weighted by atomic mass is 79.9. The van der Waals surface area contributed by atoms with Crippen molar-refractivity contribution in [2.45, 2.75) is 32.4 Å². The van der Waals surface area contributed by atoms with Crippen LogP contribution in [0.4, 0.5) is 9.18 Å². The summed E-state index contributed by atoms with van der Waals surface area (Å²) in [5, 5.41) is 14.1. The molecule has 2 amide bonds. The van der Waals surface area contributed by atoms with Crippen LogP contribution in [0.1, 0.15) is 25.3 Å². The Labute approximate surface area is 120 Å². The molecule has 3 N–H and O–H groups in total. The minimum Gasteiger partial charge on any atom is -0.396 e. The second kappa shape index (κ2) is 8.12. The van der Waals surface area contributed by atoms with E-state index in [9.17, 15) is 9.18 Å².